The van der Waals surface area contributed by atoms with Gasteiger partial charge in [-0.2, -0.15) is 0 Å². The van der Waals surface area contributed by atoms with E-state index in [0.717, 1.165) is 47.8 Å². The van der Waals surface area contributed by atoms with Gasteiger partial charge in [0, 0.05) is 12.0 Å². The molecule has 29 heavy (non-hydrogen) atoms. The normalized spacial score (nSPS) is 15.2. The van der Waals surface area contributed by atoms with Crippen molar-refractivity contribution in [2.24, 2.45) is 0 Å². The molecule has 150 valence electrons. The SMILES string of the molecule is COc1ccccc1Cc1nnc(NC(=O)[C@H](c2ccccc2)N2CCCC2)s1. The Morgan fingerprint density at radius 2 is 1.83 bits per heavy atom. The fraction of sp³-hybridized carbons (Fsp3) is 0.318. The molecule has 4 rings (SSSR count). The Morgan fingerprint density at radius 1 is 1.10 bits per heavy atom. The zero-order valence-corrected chi connectivity index (χ0v) is 17.2. The predicted octanol–water partition coefficient (Wildman–Crippen LogP) is 3.91. The van der Waals surface area contributed by atoms with Gasteiger partial charge in [-0.3, -0.25) is 15.0 Å². The van der Waals surface area contributed by atoms with Gasteiger partial charge in [-0.05, 0) is 37.6 Å². The third-order valence-electron chi connectivity index (χ3n) is 5.10. The largest absolute Gasteiger partial charge is 0.496 e. The Morgan fingerprint density at radius 3 is 2.59 bits per heavy atom. The lowest BCUT2D eigenvalue weighted by Crippen LogP contribution is -2.35. The van der Waals surface area contributed by atoms with Gasteiger partial charge in [0.15, 0.2) is 0 Å². The first-order chi connectivity index (χ1) is 14.2. The second-order valence-corrected chi connectivity index (χ2v) is 8.10. The quantitative estimate of drug-likeness (QED) is 0.642. The van der Waals surface area contributed by atoms with Crippen molar-refractivity contribution in [2.45, 2.75) is 25.3 Å². The molecule has 2 heterocycles. The second kappa shape index (κ2) is 9.15. The van der Waals surface area contributed by atoms with E-state index in [-0.39, 0.29) is 11.9 Å². The molecule has 0 radical (unpaired) electrons. The third-order valence-corrected chi connectivity index (χ3v) is 5.94. The minimum Gasteiger partial charge on any atom is -0.496 e. The van der Waals surface area contributed by atoms with E-state index in [9.17, 15) is 4.79 Å². The first-order valence-electron chi connectivity index (χ1n) is 9.79. The molecule has 1 aliphatic heterocycles. The number of nitrogens with one attached hydrogen (secondary N) is 1. The van der Waals surface area contributed by atoms with E-state index in [1.165, 1.54) is 11.3 Å². The first-order valence-corrected chi connectivity index (χ1v) is 10.6. The highest BCUT2D eigenvalue weighted by Gasteiger charge is 2.30. The zero-order valence-electron chi connectivity index (χ0n) is 16.4. The smallest absolute Gasteiger partial charge is 0.248 e. The van der Waals surface area contributed by atoms with E-state index >= 15 is 0 Å². The summed E-state index contributed by atoms with van der Waals surface area (Å²) < 4.78 is 5.41. The molecular formula is C22H24N4O2S. The van der Waals surface area contributed by atoms with Crippen molar-refractivity contribution in [2.75, 3.05) is 25.5 Å². The van der Waals surface area contributed by atoms with Gasteiger partial charge in [-0.1, -0.05) is 59.9 Å². The van der Waals surface area contributed by atoms with Crippen molar-refractivity contribution in [3.05, 3.63) is 70.7 Å². The maximum Gasteiger partial charge on any atom is 0.248 e. The summed E-state index contributed by atoms with van der Waals surface area (Å²) in [5.74, 6) is 0.768. The summed E-state index contributed by atoms with van der Waals surface area (Å²) in [4.78, 5) is 15.4. The average molecular weight is 409 g/mol. The molecule has 1 saturated heterocycles. The summed E-state index contributed by atoms with van der Waals surface area (Å²) in [5.41, 5.74) is 2.05. The Balaban J connectivity index is 1.48. The molecule has 1 N–H and O–H groups in total. The first kappa shape index (κ1) is 19.5. The molecule has 7 heteroatoms. The van der Waals surface area contributed by atoms with E-state index in [1.807, 2.05) is 54.6 Å². The number of hydrogen-bond donors (Lipinski definition) is 1. The molecule has 1 fully saturated rings. The highest BCUT2D eigenvalue weighted by atomic mass is 32.1. The van der Waals surface area contributed by atoms with Gasteiger partial charge >= 0.3 is 0 Å². The summed E-state index contributed by atoms with van der Waals surface area (Å²) >= 11 is 1.40. The van der Waals surface area contributed by atoms with Gasteiger partial charge in [0.1, 0.15) is 16.8 Å². The Kier molecular flexibility index (Phi) is 6.17. The van der Waals surface area contributed by atoms with Crippen molar-refractivity contribution in [3.8, 4) is 5.75 Å². The second-order valence-electron chi connectivity index (χ2n) is 7.04. The van der Waals surface area contributed by atoms with Crippen LogP contribution in [0, 0.1) is 0 Å². The van der Waals surface area contributed by atoms with E-state index in [2.05, 4.69) is 20.4 Å². The maximum absolute atomic E-state index is 13.1. The molecule has 2 aromatic carbocycles. The van der Waals surface area contributed by atoms with Crippen molar-refractivity contribution in [1.29, 1.82) is 0 Å². The summed E-state index contributed by atoms with van der Waals surface area (Å²) in [5, 5.41) is 12.8. The third kappa shape index (κ3) is 4.63. The van der Waals surface area contributed by atoms with E-state index in [0.29, 0.717) is 11.6 Å². The van der Waals surface area contributed by atoms with Crippen LogP contribution in [-0.4, -0.2) is 41.2 Å². The van der Waals surface area contributed by atoms with Crippen LogP contribution in [0.4, 0.5) is 5.13 Å². The van der Waals surface area contributed by atoms with Crippen LogP contribution in [0.3, 0.4) is 0 Å². The number of nitrogens with zero attached hydrogens (tertiary/aromatic N) is 3. The molecule has 6 nitrogen and oxygen atoms in total. The van der Waals surface area contributed by atoms with Crippen LogP contribution >= 0.6 is 11.3 Å². The summed E-state index contributed by atoms with van der Waals surface area (Å²) in [6.07, 6.45) is 2.86. The van der Waals surface area contributed by atoms with Gasteiger partial charge in [0.2, 0.25) is 11.0 Å². The highest BCUT2D eigenvalue weighted by molar-refractivity contribution is 7.15. The zero-order chi connectivity index (χ0) is 20.1. The molecule has 1 amide bonds. The molecule has 1 atom stereocenters. The van der Waals surface area contributed by atoms with Crippen LogP contribution in [-0.2, 0) is 11.2 Å². The number of methoxy groups -OCH3 is 1. The maximum atomic E-state index is 13.1. The van der Waals surface area contributed by atoms with Crippen molar-refractivity contribution < 1.29 is 9.53 Å². The fourth-order valence-corrected chi connectivity index (χ4v) is 4.49. The lowest BCUT2D eigenvalue weighted by Gasteiger charge is -2.26. The molecular weight excluding hydrogens is 384 g/mol. The Hall–Kier alpha value is -2.77. The standard InChI is InChI=1S/C22H24N4O2S/c1-28-18-12-6-5-11-17(18)15-19-24-25-22(29-19)23-21(27)20(26-13-7-8-14-26)16-9-3-2-4-10-16/h2-6,9-12,20H,7-8,13-15H2,1H3,(H,23,25,27)/t20-/m0/s1. The number of anilines is 1. The van der Waals surface area contributed by atoms with Crippen molar-refractivity contribution in [1.82, 2.24) is 15.1 Å². The van der Waals surface area contributed by atoms with Gasteiger partial charge in [0.25, 0.3) is 0 Å². The van der Waals surface area contributed by atoms with Crippen LogP contribution in [0.1, 0.15) is 35.0 Å². The monoisotopic (exact) mass is 408 g/mol. The Bertz CT molecular complexity index is 954. The minimum atomic E-state index is -0.305. The van der Waals surface area contributed by atoms with Crippen LogP contribution in [0.15, 0.2) is 54.6 Å². The van der Waals surface area contributed by atoms with Gasteiger partial charge < -0.3 is 4.74 Å². The number of likely N-dealkylation sites (tertiary alicyclic amines) is 1. The number of amides is 1. The number of aromatic nitrogens is 2. The molecule has 0 aliphatic carbocycles. The minimum absolute atomic E-state index is 0.0573. The van der Waals surface area contributed by atoms with E-state index in [4.69, 9.17) is 4.74 Å². The Labute approximate surface area is 174 Å². The van der Waals surface area contributed by atoms with Crippen LogP contribution in [0.25, 0.3) is 0 Å². The molecule has 1 aromatic heterocycles. The number of benzene rings is 2. The van der Waals surface area contributed by atoms with Crippen molar-refractivity contribution >= 4 is 22.4 Å². The lowest BCUT2D eigenvalue weighted by atomic mass is 10.1. The topological polar surface area (TPSA) is 67.4 Å². The highest BCUT2D eigenvalue weighted by Crippen LogP contribution is 2.28. The molecule has 0 saturated carbocycles. The molecule has 0 spiro atoms. The predicted molar refractivity (Wildman–Crippen MR) is 114 cm³/mol. The van der Waals surface area contributed by atoms with E-state index < -0.39 is 0 Å². The van der Waals surface area contributed by atoms with Gasteiger partial charge in [-0.15, -0.1) is 10.2 Å². The fourth-order valence-electron chi connectivity index (χ4n) is 3.72. The summed E-state index contributed by atoms with van der Waals surface area (Å²) in [6, 6.07) is 17.5. The number of ether oxygens (including phenoxy) is 1. The van der Waals surface area contributed by atoms with Crippen LogP contribution in [0.2, 0.25) is 0 Å². The molecule has 3 aromatic rings. The molecule has 0 unspecified atom stereocenters. The molecule has 0 bridgehead atoms. The van der Waals surface area contributed by atoms with Crippen LogP contribution < -0.4 is 10.1 Å². The summed E-state index contributed by atoms with van der Waals surface area (Å²) in [7, 11) is 1.66. The average Bonchev–Trinajstić information content (AvgIpc) is 3.42. The number of carbonyl (C=O) groups is 1. The van der Waals surface area contributed by atoms with Gasteiger partial charge in [0.05, 0.1) is 7.11 Å². The van der Waals surface area contributed by atoms with E-state index in [1.54, 1.807) is 7.11 Å². The number of rotatable bonds is 7. The number of carbonyl (C=O) groups excluding carboxylic acids is 1. The van der Waals surface area contributed by atoms with Crippen LogP contribution in [0.5, 0.6) is 5.75 Å². The number of hydrogen-bond acceptors (Lipinski definition) is 6. The molecule has 1 aliphatic rings. The van der Waals surface area contributed by atoms with Crippen molar-refractivity contribution in [3.63, 3.8) is 0 Å². The number of para-hydroxylation sites is 1. The summed E-state index contributed by atoms with van der Waals surface area (Å²) in [6.45, 7) is 1.87. The lowest BCUT2D eigenvalue weighted by molar-refractivity contribution is -0.121. The van der Waals surface area contributed by atoms with Gasteiger partial charge in [-0.25, -0.2) is 0 Å².